The first-order chi connectivity index (χ1) is 13.9. The van der Waals surface area contributed by atoms with Crippen LogP contribution in [-0.2, 0) is 4.79 Å². The molecular weight excluding hydrogens is 366 g/mol. The first kappa shape index (κ1) is 18.7. The number of rotatable bonds is 4. The highest BCUT2D eigenvalue weighted by atomic mass is 16.5. The van der Waals surface area contributed by atoms with Crippen LogP contribution in [0.1, 0.15) is 29.7 Å². The minimum atomic E-state index is -0.503. The van der Waals surface area contributed by atoms with E-state index in [2.05, 4.69) is 36.3 Å². The van der Waals surface area contributed by atoms with Crippen LogP contribution >= 0.6 is 0 Å². The van der Waals surface area contributed by atoms with Gasteiger partial charge in [0, 0.05) is 11.3 Å². The number of nitrogens with zero attached hydrogens (tertiary/aromatic N) is 3. The number of fused-ring (bicyclic) bond motifs is 1. The van der Waals surface area contributed by atoms with Crippen LogP contribution in [0, 0.1) is 13.8 Å². The molecular formula is C22H23N5O2. The second-order valence-electron chi connectivity index (χ2n) is 7.21. The van der Waals surface area contributed by atoms with Gasteiger partial charge in [0.1, 0.15) is 11.8 Å². The molecule has 0 fully saturated rings. The maximum absolute atomic E-state index is 12.3. The molecule has 0 bridgehead atoms. The summed E-state index contributed by atoms with van der Waals surface area (Å²) in [6, 6.07) is 13.2. The van der Waals surface area contributed by atoms with Gasteiger partial charge < -0.3 is 15.8 Å². The average Bonchev–Trinajstić information content (AvgIpc) is 3.12. The third kappa shape index (κ3) is 3.24. The van der Waals surface area contributed by atoms with Crippen LogP contribution in [0.5, 0.6) is 5.75 Å². The minimum absolute atomic E-state index is 0.447. The summed E-state index contributed by atoms with van der Waals surface area (Å²) in [6.07, 6.45) is 0. The van der Waals surface area contributed by atoms with Gasteiger partial charge in [0.25, 0.3) is 0 Å². The molecule has 0 aliphatic carbocycles. The van der Waals surface area contributed by atoms with Crippen molar-refractivity contribution in [3.63, 3.8) is 0 Å². The number of aromatic nitrogens is 3. The summed E-state index contributed by atoms with van der Waals surface area (Å²) in [5, 5.41) is 7.91. The van der Waals surface area contributed by atoms with E-state index < -0.39 is 11.9 Å². The quantitative estimate of drug-likeness (QED) is 0.714. The molecule has 2 aromatic carbocycles. The van der Waals surface area contributed by atoms with Gasteiger partial charge in [-0.25, -0.2) is 4.68 Å². The normalized spacial score (nSPS) is 15.7. The fourth-order valence-electron chi connectivity index (χ4n) is 3.59. The molecule has 7 heteroatoms. The van der Waals surface area contributed by atoms with Gasteiger partial charge in [-0.2, -0.15) is 4.98 Å². The molecule has 1 atom stereocenters. The smallest absolute Gasteiger partial charge is 0.248 e. The van der Waals surface area contributed by atoms with Gasteiger partial charge >= 0.3 is 0 Å². The van der Waals surface area contributed by atoms with Gasteiger partial charge in [0.05, 0.1) is 12.7 Å². The second kappa shape index (κ2) is 7.09. The molecule has 1 aliphatic heterocycles. The molecule has 4 rings (SSSR count). The maximum Gasteiger partial charge on any atom is 0.248 e. The van der Waals surface area contributed by atoms with Crippen molar-refractivity contribution in [3.05, 3.63) is 70.4 Å². The number of methoxy groups -OCH3 is 1. The van der Waals surface area contributed by atoms with Gasteiger partial charge in [-0.1, -0.05) is 24.3 Å². The Bertz CT molecular complexity index is 1150. The number of nitrogens with one attached hydrogen (secondary N) is 1. The Morgan fingerprint density at radius 1 is 1.14 bits per heavy atom. The van der Waals surface area contributed by atoms with Gasteiger partial charge in [0.2, 0.25) is 11.9 Å². The molecule has 0 spiro atoms. The van der Waals surface area contributed by atoms with Crippen molar-refractivity contribution < 1.29 is 9.53 Å². The summed E-state index contributed by atoms with van der Waals surface area (Å²) in [5.41, 5.74) is 11.0. The molecule has 1 aromatic heterocycles. The number of carbonyl (C=O) groups is 1. The lowest BCUT2D eigenvalue weighted by atomic mass is 9.95. The van der Waals surface area contributed by atoms with E-state index in [1.54, 1.807) is 11.8 Å². The van der Waals surface area contributed by atoms with Crippen molar-refractivity contribution in [2.45, 2.75) is 26.8 Å². The Balaban J connectivity index is 1.88. The Kier molecular flexibility index (Phi) is 4.58. The number of hydrogen-bond acceptors (Lipinski definition) is 5. The fourth-order valence-corrected chi connectivity index (χ4v) is 3.59. The lowest BCUT2D eigenvalue weighted by molar-refractivity contribution is -0.115. The van der Waals surface area contributed by atoms with Crippen LogP contribution in [0.3, 0.4) is 0 Å². The zero-order valence-electron chi connectivity index (χ0n) is 16.9. The number of ether oxygens (including phenoxy) is 1. The Morgan fingerprint density at radius 3 is 2.62 bits per heavy atom. The number of nitrogens with two attached hydrogens (primary N) is 1. The first-order valence-electron chi connectivity index (χ1n) is 9.34. The molecule has 1 aliphatic rings. The average molecular weight is 389 g/mol. The second-order valence-corrected chi connectivity index (χ2v) is 7.21. The molecule has 3 N–H and O–H groups in total. The summed E-state index contributed by atoms with van der Waals surface area (Å²) in [4.78, 5) is 17.0. The molecule has 1 amide bonds. The van der Waals surface area contributed by atoms with E-state index in [0.717, 1.165) is 11.1 Å². The standard InChI is InChI=1S/C22H23N5O2/c1-12-8-9-16(10-13(12)2)21-25-22-24-14(3)18(20(23)28)19(27(22)26-21)15-6-5-7-17(11-15)29-4/h5-11,19H,1-4H3,(H2,23,28)(H,24,25,26). The van der Waals surface area contributed by atoms with E-state index in [9.17, 15) is 4.79 Å². The molecule has 7 nitrogen and oxygen atoms in total. The monoisotopic (exact) mass is 389 g/mol. The zero-order valence-corrected chi connectivity index (χ0v) is 16.9. The minimum Gasteiger partial charge on any atom is -0.497 e. The number of hydrogen-bond donors (Lipinski definition) is 2. The topological polar surface area (TPSA) is 95.1 Å². The van der Waals surface area contributed by atoms with Crippen LogP contribution in [0.4, 0.5) is 5.95 Å². The first-order valence-corrected chi connectivity index (χ1v) is 9.34. The summed E-state index contributed by atoms with van der Waals surface area (Å²) < 4.78 is 7.08. The predicted molar refractivity (Wildman–Crippen MR) is 112 cm³/mol. The van der Waals surface area contributed by atoms with E-state index in [0.29, 0.717) is 28.8 Å². The molecule has 0 saturated heterocycles. The van der Waals surface area contributed by atoms with E-state index in [4.69, 9.17) is 15.6 Å². The van der Waals surface area contributed by atoms with Crippen LogP contribution in [0.25, 0.3) is 11.4 Å². The molecule has 3 aromatic rings. The van der Waals surface area contributed by atoms with Crippen molar-refractivity contribution in [3.8, 4) is 17.1 Å². The van der Waals surface area contributed by atoms with Crippen molar-refractivity contribution in [2.24, 2.45) is 5.73 Å². The Morgan fingerprint density at radius 2 is 1.93 bits per heavy atom. The van der Waals surface area contributed by atoms with Gasteiger partial charge in [-0.15, -0.1) is 5.10 Å². The lowest BCUT2D eigenvalue weighted by Gasteiger charge is -2.27. The van der Waals surface area contributed by atoms with Gasteiger partial charge in [-0.05, 0) is 55.7 Å². The summed E-state index contributed by atoms with van der Waals surface area (Å²) >= 11 is 0. The lowest BCUT2D eigenvalue weighted by Crippen LogP contribution is -2.31. The van der Waals surface area contributed by atoms with Crippen molar-refractivity contribution >= 4 is 11.9 Å². The van der Waals surface area contributed by atoms with Gasteiger partial charge in [0.15, 0.2) is 5.82 Å². The number of anilines is 1. The Hall–Kier alpha value is -3.61. The summed E-state index contributed by atoms with van der Waals surface area (Å²) in [7, 11) is 1.61. The molecule has 0 saturated carbocycles. The summed E-state index contributed by atoms with van der Waals surface area (Å²) in [6.45, 7) is 5.95. The highest BCUT2D eigenvalue weighted by Crippen LogP contribution is 2.37. The number of carbonyl (C=O) groups excluding carboxylic acids is 1. The largest absolute Gasteiger partial charge is 0.497 e. The highest BCUT2D eigenvalue weighted by Gasteiger charge is 2.33. The van der Waals surface area contributed by atoms with E-state index in [1.165, 1.54) is 11.1 Å². The zero-order chi connectivity index (χ0) is 20.7. The SMILES string of the molecule is COc1cccc(C2C(C(N)=O)=C(C)Nc3nc(-c4ccc(C)c(C)c4)nn32)c1. The molecule has 148 valence electrons. The molecule has 29 heavy (non-hydrogen) atoms. The number of allylic oxidation sites excluding steroid dienone is 1. The van der Waals surface area contributed by atoms with Crippen LogP contribution in [0.15, 0.2) is 53.7 Å². The van der Waals surface area contributed by atoms with Crippen LogP contribution in [0.2, 0.25) is 0 Å². The van der Waals surface area contributed by atoms with E-state index >= 15 is 0 Å². The number of primary amides is 1. The van der Waals surface area contributed by atoms with Crippen molar-refractivity contribution in [1.82, 2.24) is 14.8 Å². The number of benzene rings is 2. The van der Waals surface area contributed by atoms with Crippen LogP contribution < -0.4 is 15.8 Å². The van der Waals surface area contributed by atoms with E-state index in [-0.39, 0.29) is 0 Å². The number of aryl methyl sites for hydroxylation is 2. The predicted octanol–water partition coefficient (Wildman–Crippen LogP) is 3.34. The fraction of sp³-hybridized carbons (Fsp3) is 0.227. The Labute approximate surface area is 169 Å². The summed E-state index contributed by atoms with van der Waals surface area (Å²) in [5.74, 6) is 1.34. The third-order valence-electron chi connectivity index (χ3n) is 5.29. The van der Waals surface area contributed by atoms with Gasteiger partial charge in [-0.3, -0.25) is 4.79 Å². The highest BCUT2D eigenvalue weighted by molar-refractivity contribution is 5.95. The molecule has 1 unspecified atom stereocenters. The van der Waals surface area contributed by atoms with E-state index in [1.807, 2.05) is 37.3 Å². The molecule has 0 radical (unpaired) electrons. The van der Waals surface area contributed by atoms with Crippen molar-refractivity contribution in [1.29, 1.82) is 0 Å². The molecule has 2 heterocycles. The van der Waals surface area contributed by atoms with Crippen LogP contribution in [-0.4, -0.2) is 27.8 Å². The number of amides is 1. The van der Waals surface area contributed by atoms with Crippen molar-refractivity contribution in [2.75, 3.05) is 12.4 Å². The third-order valence-corrected chi connectivity index (χ3v) is 5.29. The maximum atomic E-state index is 12.3.